The molecule has 0 radical (unpaired) electrons. The quantitative estimate of drug-likeness (QED) is 0.673. The maximum atomic E-state index is 11.9. The molecule has 3 N–H and O–H groups in total. The summed E-state index contributed by atoms with van der Waals surface area (Å²) in [6, 6.07) is 13.8. The van der Waals surface area contributed by atoms with Gasteiger partial charge < -0.3 is 15.6 Å². The van der Waals surface area contributed by atoms with E-state index in [1.54, 1.807) is 36.4 Å². The van der Waals surface area contributed by atoms with Crippen LogP contribution in [0.25, 0.3) is 0 Å². The van der Waals surface area contributed by atoms with Crippen LogP contribution >= 0.6 is 12.4 Å². The normalized spacial score (nSPS) is 11.4. The lowest BCUT2D eigenvalue weighted by Gasteiger charge is -2.09. The van der Waals surface area contributed by atoms with Crippen molar-refractivity contribution in [3.8, 4) is 5.75 Å². The van der Waals surface area contributed by atoms with Crippen LogP contribution in [-0.2, 0) is 0 Å². The van der Waals surface area contributed by atoms with Gasteiger partial charge in [-0.15, -0.1) is 12.4 Å². The van der Waals surface area contributed by atoms with E-state index >= 15 is 0 Å². The minimum absolute atomic E-state index is 0. The fourth-order valence-corrected chi connectivity index (χ4v) is 1.75. The molecule has 0 aliphatic rings. The molecule has 21 heavy (non-hydrogen) atoms. The summed E-state index contributed by atoms with van der Waals surface area (Å²) in [5, 5.41) is 9.57. The average molecular weight is 308 g/mol. The number of aryl methyl sites for hydroxylation is 1. The van der Waals surface area contributed by atoms with Crippen molar-refractivity contribution in [2.24, 2.45) is 5.73 Å². The number of hydrogen-bond donors (Lipinski definition) is 2. The number of carbonyl (C=O) groups excluding carboxylic acids is 1. The Morgan fingerprint density at radius 1 is 1.14 bits per heavy atom. The van der Waals surface area contributed by atoms with Gasteiger partial charge in [0, 0.05) is 6.54 Å². The van der Waals surface area contributed by atoms with Crippen molar-refractivity contribution in [1.29, 1.82) is 0 Å². The number of carbonyl (C=O) groups is 1. The summed E-state index contributed by atoms with van der Waals surface area (Å²) in [6.07, 6.45) is -0.697. The van der Waals surface area contributed by atoms with Crippen molar-refractivity contribution < 1.29 is 14.6 Å². The van der Waals surface area contributed by atoms with Crippen LogP contribution in [0.15, 0.2) is 48.5 Å². The molecule has 2 aromatic rings. The van der Waals surface area contributed by atoms with E-state index in [1.165, 1.54) is 0 Å². The number of nitrogens with two attached hydrogens (primary N) is 1. The van der Waals surface area contributed by atoms with Crippen LogP contribution in [0.3, 0.4) is 0 Å². The fourth-order valence-electron chi connectivity index (χ4n) is 1.75. The molecule has 0 fully saturated rings. The van der Waals surface area contributed by atoms with Gasteiger partial charge in [0.2, 0.25) is 0 Å². The third kappa shape index (κ3) is 4.56. The summed E-state index contributed by atoms with van der Waals surface area (Å²) in [5.41, 5.74) is 7.66. The standard InChI is InChI=1S/C16H17NO3.ClH/c1-11-2-4-13(5-3-11)16(19)20-14-8-6-12(7-9-14)15(18)10-17;/h2-9,15,18H,10,17H2,1H3;1H. The summed E-state index contributed by atoms with van der Waals surface area (Å²) in [4.78, 5) is 11.9. The molecular weight excluding hydrogens is 290 g/mol. The van der Waals surface area contributed by atoms with E-state index < -0.39 is 12.1 Å². The summed E-state index contributed by atoms with van der Waals surface area (Å²) < 4.78 is 5.26. The SMILES string of the molecule is Cc1ccc(C(=O)Oc2ccc(C(O)CN)cc2)cc1.Cl. The molecule has 5 heteroatoms. The first-order valence-electron chi connectivity index (χ1n) is 6.37. The molecule has 0 spiro atoms. The number of aliphatic hydroxyl groups is 1. The molecule has 0 saturated carbocycles. The zero-order chi connectivity index (χ0) is 14.5. The van der Waals surface area contributed by atoms with Gasteiger partial charge in [-0.05, 0) is 36.8 Å². The summed E-state index contributed by atoms with van der Waals surface area (Å²) in [5.74, 6) is 0.0284. The van der Waals surface area contributed by atoms with Gasteiger partial charge in [0.1, 0.15) is 5.75 Å². The molecular formula is C16H18ClNO3. The maximum Gasteiger partial charge on any atom is 0.343 e. The van der Waals surface area contributed by atoms with Crippen LogP contribution in [0.5, 0.6) is 5.75 Å². The van der Waals surface area contributed by atoms with Crippen LogP contribution in [0.4, 0.5) is 0 Å². The van der Waals surface area contributed by atoms with Crippen LogP contribution in [0, 0.1) is 6.92 Å². The first-order valence-corrected chi connectivity index (χ1v) is 6.37. The lowest BCUT2D eigenvalue weighted by Crippen LogP contribution is -2.12. The van der Waals surface area contributed by atoms with Crippen LogP contribution < -0.4 is 10.5 Å². The highest BCUT2D eigenvalue weighted by Crippen LogP contribution is 2.18. The Bertz CT molecular complexity index is 581. The Morgan fingerprint density at radius 2 is 1.71 bits per heavy atom. The van der Waals surface area contributed by atoms with Crippen molar-refractivity contribution in [2.45, 2.75) is 13.0 Å². The molecule has 2 aromatic carbocycles. The molecule has 112 valence electrons. The Kier molecular flexibility index (Phi) is 6.37. The number of ether oxygens (including phenoxy) is 1. The largest absolute Gasteiger partial charge is 0.423 e. The third-order valence-corrected chi connectivity index (χ3v) is 2.99. The predicted octanol–water partition coefficient (Wildman–Crippen LogP) is 2.63. The van der Waals surface area contributed by atoms with Gasteiger partial charge in [-0.3, -0.25) is 0 Å². The van der Waals surface area contributed by atoms with E-state index in [1.807, 2.05) is 19.1 Å². The summed E-state index contributed by atoms with van der Waals surface area (Å²) >= 11 is 0. The lowest BCUT2D eigenvalue weighted by molar-refractivity contribution is 0.0734. The molecule has 0 aliphatic heterocycles. The average Bonchev–Trinajstić information content (AvgIpc) is 2.48. The first kappa shape index (κ1) is 17.2. The van der Waals surface area contributed by atoms with Gasteiger partial charge >= 0.3 is 5.97 Å². The highest BCUT2D eigenvalue weighted by atomic mass is 35.5. The van der Waals surface area contributed by atoms with E-state index in [2.05, 4.69) is 0 Å². The van der Waals surface area contributed by atoms with Crippen LogP contribution in [0.2, 0.25) is 0 Å². The van der Waals surface area contributed by atoms with Gasteiger partial charge in [-0.25, -0.2) is 4.79 Å². The predicted molar refractivity (Wildman–Crippen MR) is 83.8 cm³/mol. The second-order valence-corrected chi connectivity index (χ2v) is 4.58. The van der Waals surface area contributed by atoms with Gasteiger partial charge in [0.15, 0.2) is 0 Å². The molecule has 0 amide bonds. The van der Waals surface area contributed by atoms with Gasteiger partial charge in [0.05, 0.1) is 11.7 Å². The van der Waals surface area contributed by atoms with Crippen molar-refractivity contribution in [3.05, 3.63) is 65.2 Å². The second kappa shape index (κ2) is 7.78. The Labute approximate surface area is 130 Å². The molecule has 2 rings (SSSR count). The maximum absolute atomic E-state index is 11.9. The van der Waals surface area contributed by atoms with E-state index in [4.69, 9.17) is 10.5 Å². The van der Waals surface area contributed by atoms with Gasteiger partial charge in [0.25, 0.3) is 0 Å². The highest BCUT2D eigenvalue weighted by Gasteiger charge is 2.09. The fraction of sp³-hybridized carbons (Fsp3) is 0.188. The monoisotopic (exact) mass is 307 g/mol. The lowest BCUT2D eigenvalue weighted by atomic mass is 10.1. The van der Waals surface area contributed by atoms with Crippen molar-refractivity contribution in [3.63, 3.8) is 0 Å². The van der Waals surface area contributed by atoms with Gasteiger partial charge in [-0.1, -0.05) is 29.8 Å². The molecule has 0 heterocycles. The molecule has 1 atom stereocenters. The zero-order valence-electron chi connectivity index (χ0n) is 11.7. The van der Waals surface area contributed by atoms with E-state index in [9.17, 15) is 9.90 Å². The van der Waals surface area contributed by atoms with E-state index in [0.717, 1.165) is 5.56 Å². The minimum Gasteiger partial charge on any atom is -0.423 e. The second-order valence-electron chi connectivity index (χ2n) is 4.58. The topological polar surface area (TPSA) is 72.5 Å². The minimum atomic E-state index is -0.697. The zero-order valence-corrected chi connectivity index (χ0v) is 12.5. The molecule has 0 saturated heterocycles. The number of aliphatic hydroxyl groups excluding tert-OH is 1. The molecule has 0 bridgehead atoms. The molecule has 0 aliphatic carbocycles. The molecule has 1 unspecified atom stereocenters. The van der Waals surface area contributed by atoms with Crippen molar-refractivity contribution in [1.82, 2.24) is 0 Å². The molecule has 0 aromatic heterocycles. The van der Waals surface area contributed by atoms with Gasteiger partial charge in [-0.2, -0.15) is 0 Å². The Balaban J connectivity index is 0.00000220. The van der Waals surface area contributed by atoms with E-state index in [-0.39, 0.29) is 19.0 Å². The number of rotatable bonds is 4. The van der Waals surface area contributed by atoms with Crippen LogP contribution in [-0.4, -0.2) is 17.6 Å². The molecule has 4 nitrogen and oxygen atoms in total. The number of halogens is 1. The number of benzene rings is 2. The first-order chi connectivity index (χ1) is 9.60. The highest BCUT2D eigenvalue weighted by molar-refractivity contribution is 5.91. The Hall–Kier alpha value is -1.88. The Morgan fingerprint density at radius 3 is 2.24 bits per heavy atom. The number of hydrogen-bond acceptors (Lipinski definition) is 4. The van der Waals surface area contributed by atoms with Crippen LogP contribution in [0.1, 0.15) is 27.6 Å². The van der Waals surface area contributed by atoms with Crippen molar-refractivity contribution >= 4 is 18.4 Å². The van der Waals surface area contributed by atoms with Crippen molar-refractivity contribution in [2.75, 3.05) is 6.54 Å². The summed E-state index contributed by atoms with van der Waals surface area (Å²) in [6.45, 7) is 2.11. The third-order valence-electron chi connectivity index (χ3n) is 2.99. The summed E-state index contributed by atoms with van der Waals surface area (Å²) in [7, 11) is 0. The smallest absolute Gasteiger partial charge is 0.343 e. The van der Waals surface area contributed by atoms with E-state index in [0.29, 0.717) is 16.9 Å². The number of esters is 1.